The van der Waals surface area contributed by atoms with Gasteiger partial charge in [-0.1, -0.05) is 23.1 Å². The summed E-state index contributed by atoms with van der Waals surface area (Å²) in [7, 11) is 3.88. The van der Waals surface area contributed by atoms with E-state index in [2.05, 4.69) is 10.2 Å². The van der Waals surface area contributed by atoms with Crippen LogP contribution in [0, 0.1) is 0 Å². The normalized spacial score (nSPS) is 27.2. The number of carbonyl (C=O) groups is 1. The first-order chi connectivity index (χ1) is 8.90. The molecule has 106 valence electrons. The summed E-state index contributed by atoms with van der Waals surface area (Å²) in [6.45, 7) is 0. The van der Waals surface area contributed by atoms with Crippen LogP contribution in [0.5, 0.6) is 0 Å². The second kappa shape index (κ2) is 5.64. The third-order valence-corrected chi connectivity index (χ3v) is 5.72. The second-order valence-electron chi connectivity index (χ2n) is 5.10. The van der Waals surface area contributed by atoms with Gasteiger partial charge in [-0.25, -0.2) is 0 Å². The van der Waals surface area contributed by atoms with E-state index < -0.39 is 11.4 Å². The molecule has 0 aromatic carbocycles. The van der Waals surface area contributed by atoms with E-state index in [4.69, 9.17) is 11.5 Å². The predicted octanol–water partition coefficient (Wildman–Crippen LogP) is 0.822. The standard InChI is InChI=1S/C11H19N5OS2/c1-16(2)9-14-15-10(19-9)18-7-4-3-5-11(13,6-7)8(12)17/h7H,3-6,13H2,1-2H3,(H2,12,17). The van der Waals surface area contributed by atoms with E-state index in [-0.39, 0.29) is 5.25 Å². The Bertz CT molecular complexity index is 464. The molecule has 1 heterocycles. The maximum absolute atomic E-state index is 11.4. The lowest BCUT2D eigenvalue weighted by atomic mass is 9.82. The van der Waals surface area contributed by atoms with Crippen molar-refractivity contribution in [2.75, 3.05) is 19.0 Å². The van der Waals surface area contributed by atoms with Crippen LogP contribution in [0.3, 0.4) is 0 Å². The molecule has 1 aliphatic rings. The number of hydrogen-bond acceptors (Lipinski definition) is 7. The van der Waals surface area contributed by atoms with Crippen molar-refractivity contribution in [3.05, 3.63) is 0 Å². The minimum Gasteiger partial charge on any atom is -0.368 e. The van der Waals surface area contributed by atoms with E-state index in [1.807, 2.05) is 19.0 Å². The quantitative estimate of drug-likeness (QED) is 0.854. The van der Waals surface area contributed by atoms with Crippen LogP contribution in [0.25, 0.3) is 0 Å². The number of rotatable bonds is 4. The van der Waals surface area contributed by atoms with Crippen molar-refractivity contribution in [3.63, 3.8) is 0 Å². The minimum absolute atomic E-state index is 0.286. The molecule has 0 spiro atoms. The average molecular weight is 301 g/mol. The van der Waals surface area contributed by atoms with Crippen LogP contribution in [0.4, 0.5) is 5.13 Å². The highest BCUT2D eigenvalue weighted by Gasteiger charge is 2.38. The molecule has 1 amide bonds. The molecule has 19 heavy (non-hydrogen) atoms. The molecule has 1 fully saturated rings. The zero-order valence-electron chi connectivity index (χ0n) is 11.1. The first-order valence-electron chi connectivity index (χ1n) is 6.17. The summed E-state index contributed by atoms with van der Waals surface area (Å²) in [4.78, 5) is 13.4. The Morgan fingerprint density at radius 3 is 2.84 bits per heavy atom. The molecule has 0 bridgehead atoms. The van der Waals surface area contributed by atoms with Gasteiger partial charge in [0.2, 0.25) is 11.0 Å². The summed E-state index contributed by atoms with van der Waals surface area (Å²) >= 11 is 3.21. The third-order valence-electron chi connectivity index (χ3n) is 3.28. The maximum Gasteiger partial charge on any atom is 0.237 e. The molecule has 0 aliphatic heterocycles. The number of nitrogens with two attached hydrogens (primary N) is 2. The van der Waals surface area contributed by atoms with E-state index in [1.165, 1.54) is 0 Å². The monoisotopic (exact) mass is 301 g/mol. The van der Waals surface area contributed by atoms with E-state index in [0.29, 0.717) is 12.8 Å². The minimum atomic E-state index is -0.856. The Balaban J connectivity index is 2.00. The maximum atomic E-state index is 11.4. The molecule has 0 radical (unpaired) electrons. The molecule has 4 N–H and O–H groups in total. The lowest BCUT2D eigenvalue weighted by Crippen LogP contribution is -2.55. The number of carbonyl (C=O) groups excluding carboxylic acids is 1. The number of aromatic nitrogens is 2. The smallest absolute Gasteiger partial charge is 0.237 e. The fraction of sp³-hybridized carbons (Fsp3) is 0.727. The highest BCUT2D eigenvalue weighted by Crippen LogP contribution is 2.39. The van der Waals surface area contributed by atoms with Gasteiger partial charge < -0.3 is 16.4 Å². The Morgan fingerprint density at radius 1 is 1.53 bits per heavy atom. The molecule has 1 aliphatic carbocycles. The molecule has 2 unspecified atom stereocenters. The summed E-state index contributed by atoms with van der Waals surface area (Å²) in [6, 6.07) is 0. The van der Waals surface area contributed by atoms with Gasteiger partial charge in [-0.2, -0.15) is 0 Å². The molecular weight excluding hydrogens is 282 g/mol. The number of thioether (sulfide) groups is 1. The fourth-order valence-electron chi connectivity index (χ4n) is 2.15. The Hall–Kier alpha value is -0.860. The fourth-order valence-corrected chi connectivity index (χ4v) is 4.52. The first kappa shape index (κ1) is 14.5. The Labute approximate surface area is 120 Å². The van der Waals surface area contributed by atoms with Crippen molar-refractivity contribution in [1.82, 2.24) is 10.2 Å². The van der Waals surface area contributed by atoms with Gasteiger partial charge in [0.25, 0.3) is 0 Å². The van der Waals surface area contributed by atoms with Crippen molar-refractivity contribution in [2.24, 2.45) is 11.5 Å². The zero-order chi connectivity index (χ0) is 14.0. The molecule has 2 rings (SSSR count). The van der Waals surface area contributed by atoms with Gasteiger partial charge in [0.05, 0.1) is 5.54 Å². The van der Waals surface area contributed by atoms with Crippen molar-refractivity contribution in [3.8, 4) is 0 Å². The largest absolute Gasteiger partial charge is 0.368 e. The van der Waals surface area contributed by atoms with Crippen LogP contribution in [0.2, 0.25) is 0 Å². The number of amides is 1. The van der Waals surface area contributed by atoms with Crippen molar-refractivity contribution < 1.29 is 4.79 Å². The summed E-state index contributed by atoms with van der Waals surface area (Å²) in [5.41, 5.74) is 10.6. The van der Waals surface area contributed by atoms with Crippen molar-refractivity contribution in [1.29, 1.82) is 0 Å². The molecule has 2 atom stereocenters. The van der Waals surface area contributed by atoms with Gasteiger partial charge in [-0.05, 0) is 25.7 Å². The van der Waals surface area contributed by atoms with Crippen molar-refractivity contribution >= 4 is 34.1 Å². The molecule has 1 aromatic rings. The molecular formula is C11H19N5OS2. The lowest BCUT2D eigenvalue weighted by molar-refractivity contribution is -0.124. The number of anilines is 1. The van der Waals surface area contributed by atoms with Gasteiger partial charge in [-0.15, -0.1) is 10.2 Å². The van der Waals surface area contributed by atoms with Crippen LogP contribution < -0.4 is 16.4 Å². The highest BCUT2D eigenvalue weighted by molar-refractivity contribution is 8.01. The number of nitrogens with zero attached hydrogens (tertiary/aromatic N) is 3. The van der Waals surface area contributed by atoms with E-state index in [0.717, 1.165) is 22.3 Å². The van der Waals surface area contributed by atoms with Crippen LogP contribution in [0.1, 0.15) is 25.7 Å². The van der Waals surface area contributed by atoms with Crippen LogP contribution in [-0.4, -0.2) is 41.0 Å². The van der Waals surface area contributed by atoms with Gasteiger partial charge >= 0.3 is 0 Å². The van der Waals surface area contributed by atoms with E-state index in [9.17, 15) is 4.79 Å². The SMILES string of the molecule is CN(C)c1nnc(SC2CCCC(N)(C(N)=O)C2)s1. The third kappa shape index (κ3) is 3.37. The molecule has 6 nitrogen and oxygen atoms in total. The molecule has 0 saturated heterocycles. The summed E-state index contributed by atoms with van der Waals surface area (Å²) < 4.78 is 0.919. The van der Waals surface area contributed by atoms with Gasteiger partial charge in [0.1, 0.15) is 0 Å². The molecule has 8 heteroatoms. The number of hydrogen-bond donors (Lipinski definition) is 2. The van der Waals surface area contributed by atoms with Gasteiger partial charge in [0.15, 0.2) is 4.34 Å². The highest BCUT2D eigenvalue weighted by atomic mass is 32.2. The van der Waals surface area contributed by atoms with Crippen molar-refractivity contribution in [2.45, 2.75) is 40.8 Å². The first-order valence-corrected chi connectivity index (χ1v) is 7.86. The van der Waals surface area contributed by atoms with Gasteiger partial charge in [0, 0.05) is 19.3 Å². The van der Waals surface area contributed by atoms with Crippen LogP contribution >= 0.6 is 23.1 Å². The zero-order valence-corrected chi connectivity index (χ0v) is 12.8. The summed E-state index contributed by atoms with van der Waals surface area (Å²) in [5, 5.41) is 9.43. The lowest BCUT2D eigenvalue weighted by Gasteiger charge is -2.34. The van der Waals surface area contributed by atoms with Gasteiger partial charge in [-0.3, -0.25) is 4.79 Å². The van der Waals surface area contributed by atoms with E-state index in [1.54, 1.807) is 23.1 Å². The Kier molecular flexibility index (Phi) is 4.32. The second-order valence-corrected chi connectivity index (χ2v) is 7.61. The summed E-state index contributed by atoms with van der Waals surface area (Å²) in [6.07, 6.45) is 3.26. The predicted molar refractivity (Wildman–Crippen MR) is 78.5 cm³/mol. The topological polar surface area (TPSA) is 98.1 Å². The average Bonchev–Trinajstić information content (AvgIpc) is 2.77. The number of primary amides is 1. The molecule has 1 aromatic heterocycles. The Morgan fingerprint density at radius 2 is 2.26 bits per heavy atom. The summed E-state index contributed by atoms with van der Waals surface area (Å²) in [5.74, 6) is -0.399. The molecule has 1 saturated carbocycles. The van der Waals surface area contributed by atoms with E-state index >= 15 is 0 Å². The van der Waals surface area contributed by atoms with Crippen LogP contribution in [-0.2, 0) is 4.79 Å². The van der Waals surface area contributed by atoms with Crippen LogP contribution in [0.15, 0.2) is 4.34 Å².